The van der Waals surface area contributed by atoms with Gasteiger partial charge in [-0.1, -0.05) is 18.7 Å². The van der Waals surface area contributed by atoms with Crippen LogP contribution in [0.5, 0.6) is 11.8 Å². The summed E-state index contributed by atoms with van der Waals surface area (Å²) < 4.78 is 7.54. The van der Waals surface area contributed by atoms with Gasteiger partial charge in [0.05, 0.1) is 5.39 Å². The van der Waals surface area contributed by atoms with Gasteiger partial charge in [-0.15, -0.1) is 0 Å². The van der Waals surface area contributed by atoms with Crippen LogP contribution in [0.4, 0.5) is 5.82 Å². The van der Waals surface area contributed by atoms with E-state index in [9.17, 15) is 4.79 Å². The number of anilines is 1. The molecule has 0 bridgehead atoms. The molecular formula is C24H25N7O2. The lowest BCUT2D eigenvalue weighted by Crippen LogP contribution is -2.25. The number of carbonyl (C=O) groups excluding carboxylic acids is 1. The third-order valence-corrected chi connectivity index (χ3v) is 5.29. The Balaban J connectivity index is 0.000000243. The molecule has 2 N–H and O–H groups in total. The molecule has 1 amide bonds. The molecule has 1 aliphatic rings. The number of amides is 1. The zero-order valence-corrected chi connectivity index (χ0v) is 18.4. The van der Waals surface area contributed by atoms with Crippen molar-refractivity contribution in [2.75, 3.05) is 18.8 Å². The number of likely N-dealkylation sites (tertiary alicyclic amines) is 1. The molecule has 0 unspecified atom stereocenters. The van der Waals surface area contributed by atoms with Crippen LogP contribution in [-0.4, -0.2) is 48.4 Å². The largest absolute Gasteiger partial charge is 0.424 e. The fraction of sp³-hybridized carbons (Fsp3) is 0.208. The quantitative estimate of drug-likeness (QED) is 0.480. The number of fused-ring (bicyclic) bond motifs is 1. The first-order chi connectivity index (χ1) is 16.1. The average Bonchev–Trinajstić information content (AvgIpc) is 3.50. The predicted molar refractivity (Wildman–Crippen MR) is 126 cm³/mol. The van der Waals surface area contributed by atoms with E-state index >= 15 is 0 Å². The van der Waals surface area contributed by atoms with Gasteiger partial charge in [0.2, 0.25) is 5.91 Å². The van der Waals surface area contributed by atoms with Gasteiger partial charge in [-0.25, -0.2) is 19.9 Å². The Morgan fingerprint density at radius 1 is 1.09 bits per heavy atom. The maximum atomic E-state index is 10.8. The van der Waals surface area contributed by atoms with Crippen molar-refractivity contribution >= 4 is 22.8 Å². The van der Waals surface area contributed by atoms with Crippen LogP contribution < -0.4 is 10.5 Å². The lowest BCUT2D eigenvalue weighted by Gasteiger charge is -2.10. The molecule has 0 aliphatic carbocycles. The number of aryl methyl sites for hydroxylation is 1. The second-order valence-electron chi connectivity index (χ2n) is 7.51. The Kier molecular flexibility index (Phi) is 6.58. The number of carbonyl (C=O) groups is 1. The summed E-state index contributed by atoms with van der Waals surface area (Å²) in [6.45, 7) is 5.26. The normalized spacial score (nSPS) is 12.8. The highest BCUT2D eigenvalue weighted by molar-refractivity contribution is 6.00. The molecule has 0 radical (unpaired) electrons. The number of hydrogen-bond acceptors (Lipinski definition) is 7. The van der Waals surface area contributed by atoms with Crippen molar-refractivity contribution < 1.29 is 9.53 Å². The predicted octanol–water partition coefficient (Wildman–Crippen LogP) is 3.59. The van der Waals surface area contributed by atoms with E-state index in [1.807, 2.05) is 47.0 Å². The van der Waals surface area contributed by atoms with Crippen LogP contribution in [0.2, 0.25) is 0 Å². The molecule has 1 saturated heterocycles. The molecule has 9 heteroatoms. The molecule has 5 rings (SSSR count). The monoisotopic (exact) mass is 443 g/mol. The SMILES string of the molecule is C=CC(=O)N1CCCC1.Cn1cc(-c2ccc(Oc3ncccn3)cc2)c2c(N)ncnc21. The number of nitrogens with zero attached hydrogens (tertiary/aromatic N) is 6. The number of rotatable bonds is 4. The Morgan fingerprint density at radius 3 is 2.45 bits per heavy atom. The minimum atomic E-state index is 0.0764. The van der Waals surface area contributed by atoms with E-state index in [-0.39, 0.29) is 5.91 Å². The molecule has 4 heterocycles. The Hall–Kier alpha value is -4.27. The minimum absolute atomic E-state index is 0.0764. The number of ether oxygens (including phenoxy) is 1. The second-order valence-corrected chi connectivity index (χ2v) is 7.51. The third-order valence-electron chi connectivity index (χ3n) is 5.29. The summed E-state index contributed by atoms with van der Waals surface area (Å²) in [7, 11) is 1.93. The zero-order chi connectivity index (χ0) is 23.2. The third kappa shape index (κ3) is 4.98. The summed E-state index contributed by atoms with van der Waals surface area (Å²) >= 11 is 0. The fourth-order valence-electron chi connectivity index (χ4n) is 3.67. The maximum Gasteiger partial charge on any atom is 0.321 e. The number of nitrogen functional groups attached to an aromatic ring is 1. The van der Waals surface area contributed by atoms with Gasteiger partial charge < -0.3 is 19.9 Å². The summed E-state index contributed by atoms with van der Waals surface area (Å²) in [6.07, 6.45) is 10.4. The summed E-state index contributed by atoms with van der Waals surface area (Å²) in [5, 5.41) is 0.847. The zero-order valence-electron chi connectivity index (χ0n) is 18.4. The standard InChI is InChI=1S/C17H14N6O.C7H11NO/c1-23-9-13(14-15(18)21-10-22-16(14)23)11-3-5-12(6-4-11)24-17-19-7-2-8-20-17;1-2-7(9)8-5-3-4-6-8/h2-10H,1H3,(H2,18,21,22);2H,1,3-6H2. The van der Waals surface area contributed by atoms with Crippen LogP contribution in [0.15, 0.2) is 67.9 Å². The molecule has 168 valence electrons. The second kappa shape index (κ2) is 9.90. The smallest absolute Gasteiger partial charge is 0.321 e. The molecule has 1 aromatic carbocycles. The van der Waals surface area contributed by atoms with Crippen LogP contribution >= 0.6 is 0 Å². The van der Waals surface area contributed by atoms with E-state index in [0.717, 1.165) is 48.1 Å². The Morgan fingerprint density at radius 2 is 1.79 bits per heavy atom. The topological polar surface area (TPSA) is 112 Å². The molecule has 33 heavy (non-hydrogen) atoms. The van der Waals surface area contributed by atoms with E-state index in [1.54, 1.807) is 18.5 Å². The van der Waals surface area contributed by atoms with E-state index < -0.39 is 0 Å². The summed E-state index contributed by atoms with van der Waals surface area (Å²) in [5.41, 5.74) is 8.82. The number of hydrogen-bond donors (Lipinski definition) is 1. The molecule has 0 saturated carbocycles. The maximum absolute atomic E-state index is 10.8. The van der Waals surface area contributed by atoms with Crippen LogP contribution in [0.3, 0.4) is 0 Å². The van der Waals surface area contributed by atoms with Crippen molar-refractivity contribution in [1.82, 2.24) is 29.4 Å². The van der Waals surface area contributed by atoms with Crippen molar-refractivity contribution in [3.8, 4) is 22.9 Å². The van der Waals surface area contributed by atoms with Gasteiger partial charge in [-0.2, -0.15) is 0 Å². The number of benzene rings is 1. The first kappa shape index (κ1) is 21.9. The Labute approximate surface area is 191 Å². The van der Waals surface area contributed by atoms with Gasteiger partial charge in [0.15, 0.2) is 0 Å². The molecule has 1 fully saturated rings. The van der Waals surface area contributed by atoms with Crippen LogP contribution in [0, 0.1) is 0 Å². The van der Waals surface area contributed by atoms with Crippen molar-refractivity contribution in [2.45, 2.75) is 12.8 Å². The number of aromatic nitrogens is 5. The first-order valence-electron chi connectivity index (χ1n) is 10.6. The average molecular weight is 444 g/mol. The fourth-order valence-corrected chi connectivity index (χ4v) is 3.67. The number of nitrogens with two attached hydrogens (primary N) is 1. The summed E-state index contributed by atoms with van der Waals surface area (Å²) in [5.74, 6) is 1.20. The first-order valence-corrected chi connectivity index (χ1v) is 10.6. The summed E-state index contributed by atoms with van der Waals surface area (Å²) in [4.78, 5) is 29.1. The van der Waals surface area contributed by atoms with Gasteiger partial charge in [-0.05, 0) is 42.7 Å². The molecule has 4 aromatic rings. The van der Waals surface area contributed by atoms with Gasteiger partial charge in [0.1, 0.15) is 23.5 Å². The van der Waals surface area contributed by atoms with E-state index in [1.165, 1.54) is 12.4 Å². The van der Waals surface area contributed by atoms with Gasteiger partial charge in [0, 0.05) is 44.3 Å². The highest BCUT2D eigenvalue weighted by atomic mass is 16.5. The molecule has 3 aromatic heterocycles. The van der Waals surface area contributed by atoms with Crippen LogP contribution in [0.25, 0.3) is 22.2 Å². The van der Waals surface area contributed by atoms with Gasteiger partial charge >= 0.3 is 6.01 Å². The molecule has 9 nitrogen and oxygen atoms in total. The lowest BCUT2D eigenvalue weighted by molar-refractivity contribution is -0.124. The van der Waals surface area contributed by atoms with Gasteiger partial charge in [-0.3, -0.25) is 4.79 Å². The van der Waals surface area contributed by atoms with Crippen LogP contribution in [0.1, 0.15) is 12.8 Å². The van der Waals surface area contributed by atoms with Crippen molar-refractivity contribution in [1.29, 1.82) is 0 Å². The molecule has 0 spiro atoms. The minimum Gasteiger partial charge on any atom is -0.424 e. The highest BCUT2D eigenvalue weighted by Crippen LogP contribution is 2.33. The van der Waals surface area contributed by atoms with Gasteiger partial charge in [0.25, 0.3) is 0 Å². The molecule has 1 aliphatic heterocycles. The van der Waals surface area contributed by atoms with Crippen molar-refractivity contribution in [2.24, 2.45) is 7.05 Å². The van der Waals surface area contributed by atoms with E-state index in [2.05, 4.69) is 26.5 Å². The van der Waals surface area contributed by atoms with Crippen molar-refractivity contribution in [3.63, 3.8) is 0 Å². The molecule has 0 atom stereocenters. The lowest BCUT2D eigenvalue weighted by atomic mass is 10.1. The van der Waals surface area contributed by atoms with E-state index in [0.29, 0.717) is 17.6 Å². The van der Waals surface area contributed by atoms with E-state index in [4.69, 9.17) is 10.5 Å². The Bertz CT molecular complexity index is 1250. The highest BCUT2D eigenvalue weighted by Gasteiger charge is 2.14. The van der Waals surface area contributed by atoms with Crippen LogP contribution in [-0.2, 0) is 11.8 Å². The molecular weight excluding hydrogens is 418 g/mol. The summed E-state index contributed by atoms with van der Waals surface area (Å²) in [6, 6.07) is 9.70. The van der Waals surface area contributed by atoms with Crippen molar-refractivity contribution in [3.05, 3.63) is 67.9 Å².